The van der Waals surface area contributed by atoms with Crippen LogP contribution in [-0.4, -0.2) is 19.6 Å². The third-order valence-electron chi connectivity index (χ3n) is 3.45. The Balaban J connectivity index is 2.38. The molecule has 0 aromatic heterocycles. The van der Waals surface area contributed by atoms with Crippen molar-refractivity contribution in [3.63, 3.8) is 0 Å². The molecule has 3 heteroatoms. The second kappa shape index (κ2) is 7.04. The largest absolute Gasteiger partial charge is 0.375 e. The summed E-state index contributed by atoms with van der Waals surface area (Å²) in [6.07, 6.45) is 0. The molecule has 110 valence electrons. The molecule has 0 heterocycles. The zero-order chi connectivity index (χ0) is 15.2. The van der Waals surface area contributed by atoms with E-state index in [1.165, 1.54) is 18.2 Å². The number of carbonyl (C=O) groups is 1. The van der Waals surface area contributed by atoms with E-state index in [0.717, 1.165) is 11.1 Å². The number of ether oxygens (including phenoxy) is 1. The minimum Gasteiger partial charge on any atom is -0.375 e. The van der Waals surface area contributed by atoms with Gasteiger partial charge in [-0.05, 0) is 30.5 Å². The van der Waals surface area contributed by atoms with Crippen molar-refractivity contribution in [3.8, 4) is 0 Å². The van der Waals surface area contributed by atoms with Gasteiger partial charge in [-0.3, -0.25) is 4.79 Å². The Morgan fingerprint density at radius 1 is 1.14 bits per heavy atom. The van der Waals surface area contributed by atoms with Crippen LogP contribution in [0.2, 0.25) is 0 Å². The highest BCUT2D eigenvalue weighted by Gasteiger charge is 2.18. The van der Waals surface area contributed by atoms with E-state index in [0.29, 0.717) is 0 Å². The molecule has 2 aromatic carbocycles. The first-order chi connectivity index (χ1) is 10.1. The van der Waals surface area contributed by atoms with E-state index in [1.54, 1.807) is 0 Å². The number of hydrogen-bond donors (Lipinski definition) is 1. The molecular formula is C18H21NO2. The lowest BCUT2D eigenvalue weighted by Gasteiger charge is -2.22. The number of hydrogen-bond acceptors (Lipinski definition) is 2. The predicted molar refractivity (Wildman–Crippen MR) is 84.2 cm³/mol. The summed E-state index contributed by atoms with van der Waals surface area (Å²) in [5.41, 5.74) is 4.55. The van der Waals surface area contributed by atoms with Gasteiger partial charge in [-0.1, -0.05) is 54.1 Å². The molecule has 0 spiro atoms. The fourth-order valence-electron chi connectivity index (χ4n) is 2.47. The number of nitrogens with one attached hydrogen (secondary N) is 1. The molecule has 2 aromatic rings. The topological polar surface area (TPSA) is 38.3 Å². The molecule has 1 N–H and O–H groups in total. The standard InChI is InChI=1S/C18H21NO2/c1-13-9-10-16(14(2)11-13)18(19-17(20)12-21-3)15-7-5-4-6-8-15/h4-11,18H,12H2,1-3H3,(H,19,20)/t18-/m1/s1. The Kier molecular flexibility index (Phi) is 5.12. The van der Waals surface area contributed by atoms with Gasteiger partial charge in [0.1, 0.15) is 6.61 Å². The van der Waals surface area contributed by atoms with E-state index >= 15 is 0 Å². The molecule has 3 nitrogen and oxygen atoms in total. The third-order valence-corrected chi connectivity index (χ3v) is 3.45. The van der Waals surface area contributed by atoms with E-state index in [-0.39, 0.29) is 18.6 Å². The fraction of sp³-hybridized carbons (Fsp3) is 0.278. The number of methoxy groups -OCH3 is 1. The van der Waals surface area contributed by atoms with Crippen LogP contribution in [0.15, 0.2) is 48.5 Å². The first-order valence-corrected chi connectivity index (χ1v) is 7.02. The first kappa shape index (κ1) is 15.3. The molecule has 0 fully saturated rings. The molecule has 0 radical (unpaired) electrons. The van der Waals surface area contributed by atoms with Crippen LogP contribution in [0.25, 0.3) is 0 Å². The number of rotatable bonds is 5. The number of amides is 1. The summed E-state index contributed by atoms with van der Waals surface area (Å²) in [5, 5.41) is 3.05. The lowest BCUT2D eigenvalue weighted by Crippen LogP contribution is -2.32. The summed E-state index contributed by atoms with van der Waals surface area (Å²) in [6.45, 7) is 4.20. The first-order valence-electron chi connectivity index (χ1n) is 7.02. The highest BCUT2D eigenvalue weighted by Crippen LogP contribution is 2.25. The van der Waals surface area contributed by atoms with Crippen molar-refractivity contribution < 1.29 is 9.53 Å². The van der Waals surface area contributed by atoms with Crippen molar-refractivity contribution >= 4 is 5.91 Å². The maximum Gasteiger partial charge on any atom is 0.246 e. The zero-order valence-electron chi connectivity index (χ0n) is 12.7. The molecule has 0 aliphatic heterocycles. The van der Waals surface area contributed by atoms with Crippen molar-refractivity contribution in [1.82, 2.24) is 5.32 Å². The number of carbonyl (C=O) groups excluding carboxylic acids is 1. The molecule has 0 saturated heterocycles. The molecule has 2 rings (SSSR count). The smallest absolute Gasteiger partial charge is 0.246 e. The fourth-order valence-corrected chi connectivity index (χ4v) is 2.47. The average Bonchev–Trinajstić information content (AvgIpc) is 2.47. The molecule has 1 atom stereocenters. The lowest BCUT2D eigenvalue weighted by molar-refractivity contribution is -0.125. The Morgan fingerprint density at radius 3 is 2.48 bits per heavy atom. The second-order valence-electron chi connectivity index (χ2n) is 5.20. The minimum absolute atomic E-state index is 0.0637. The van der Waals surface area contributed by atoms with Crippen LogP contribution >= 0.6 is 0 Å². The van der Waals surface area contributed by atoms with Gasteiger partial charge in [0.2, 0.25) is 5.91 Å². The van der Waals surface area contributed by atoms with Gasteiger partial charge in [0.25, 0.3) is 0 Å². The van der Waals surface area contributed by atoms with E-state index in [1.807, 2.05) is 30.3 Å². The Labute approximate surface area is 126 Å². The van der Waals surface area contributed by atoms with E-state index in [4.69, 9.17) is 4.74 Å². The third kappa shape index (κ3) is 3.92. The monoisotopic (exact) mass is 283 g/mol. The highest BCUT2D eigenvalue weighted by atomic mass is 16.5. The molecule has 21 heavy (non-hydrogen) atoms. The normalized spacial score (nSPS) is 12.0. The Morgan fingerprint density at radius 2 is 1.86 bits per heavy atom. The van der Waals surface area contributed by atoms with Crippen molar-refractivity contribution in [3.05, 3.63) is 70.8 Å². The highest BCUT2D eigenvalue weighted by molar-refractivity contribution is 5.78. The van der Waals surface area contributed by atoms with Crippen LogP contribution in [0.1, 0.15) is 28.3 Å². The maximum atomic E-state index is 11.9. The van der Waals surface area contributed by atoms with E-state index in [2.05, 4.69) is 37.4 Å². The van der Waals surface area contributed by atoms with Crippen LogP contribution in [0.4, 0.5) is 0 Å². The van der Waals surface area contributed by atoms with Gasteiger partial charge in [0.05, 0.1) is 6.04 Å². The van der Waals surface area contributed by atoms with Gasteiger partial charge >= 0.3 is 0 Å². The number of aryl methyl sites for hydroxylation is 2. The molecule has 0 unspecified atom stereocenters. The molecular weight excluding hydrogens is 262 g/mol. The van der Waals surface area contributed by atoms with Gasteiger partial charge in [0.15, 0.2) is 0 Å². The van der Waals surface area contributed by atoms with Crippen LogP contribution in [-0.2, 0) is 9.53 Å². The molecule has 0 aliphatic rings. The summed E-state index contributed by atoms with van der Waals surface area (Å²) in [4.78, 5) is 11.9. The van der Waals surface area contributed by atoms with Crippen molar-refractivity contribution in [2.75, 3.05) is 13.7 Å². The van der Waals surface area contributed by atoms with Gasteiger partial charge < -0.3 is 10.1 Å². The quantitative estimate of drug-likeness (QED) is 0.915. The summed E-state index contributed by atoms with van der Waals surface area (Å²) in [7, 11) is 1.52. The van der Waals surface area contributed by atoms with Crippen LogP contribution < -0.4 is 5.32 Å². The van der Waals surface area contributed by atoms with Gasteiger partial charge in [-0.25, -0.2) is 0 Å². The predicted octanol–water partition coefficient (Wildman–Crippen LogP) is 3.16. The molecule has 0 aliphatic carbocycles. The van der Waals surface area contributed by atoms with Crippen molar-refractivity contribution in [1.29, 1.82) is 0 Å². The molecule has 0 saturated carbocycles. The van der Waals surface area contributed by atoms with Crippen molar-refractivity contribution in [2.24, 2.45) is 0 Å². The summed E-state index contributed by atoms with van der Waals surface area (Å²) in [6, 6.07) is 16.1. The zero-order valence-corrected chi connectivity index (χ0v) is 12.7. The summed E-state index contributed by atoms with van der Waals surface area (Å²) in [5.74, 6) is -0.119. The Hall–Kier alpha value is -2.13. The van der Waals surface area contributed by atoms with E-state index < -0.39 is 0 Å². The Bertz CT molecular complexity index is 608. The van der Waals surface area contributed by atoms with Crippen LogP contribution in [0.3, 0.4) is 0 Å². The number of benzene rings is 2. The van der Waals surface area contributed by atoms with Gasteiger partial charge in [-0.15, -0.1) is 0 Å². The maximum absolute atomic E-state index is 11.9. The lowest BCUT2D eigenvalue weighted by atomic mass is 9.94. The SMILES string of the molecule is COCC(=O)N[C@H](c1ccccc1)c1ccc(C)cc1C. The minimum atomic E-state index is -0.158. The van der Waals surface area contributed by atoms with Gasteiger partial charge in [0, 0.05) is 7.11 Å². The molecule has 0 bridgehead atoms. The van der Waals surface area contributed by atoms with Crippen LogP contribution in [0.5, 0.6) is 0 Å². The molecule has 1 amide bonds. The average molecular weight is 283 g/mol. The van der Waals surface area contributed by atoms with Gasteiger partial charge in [-0.2, -0.15) is 0 Å². The summed E-state index contributed by atoms with van der Waals surface area (Å²) < 4.78 is 4.91. The van der Waals surface area contributed by atoms with E-state index in [9.17, 15) is 4.79 Å². The summed E-state index contributed by atoms with van der Waals surface area (Å²) >= 11 is 0. The second-order valence-corrected chi connectivity index (χ2v) is 5.20. The van der Waals surface area contributed by atoms with Crippen molar-refractivity contribution in [2.45, 2.75) is 19.9 Å². The van der Waals surface area contributed by atoms with Crippen LogP contribution in [0, 0.1) is 13.8 Å².